The Kier molecular flexibility index (Phi) is 5.21. The van der Waals surface area contributed by atoms with Gasteiger partial charge in [0.25, 0.3) is 0 Å². The van der Waals surface area contributed by atoms with Crippen LogP contribution in [0.15, 0.2) is 10.5 Å². The van der Waals surface area contributed by atoms with Crippen LogP contribution in [0.5, 0.6) is 5.75 Å². The number of carboxylic acid groups (broad SMARTS) is 1. The van der Waals surface area contributed by atoms with Crippen LogP contribution < -0.4 is 4.74 Å². The molecule has 1 aliphatic carbocycles. The van der Waals surface area contributed by atoms with E-state index in [0.717, 1.165) is 46.2 Å². The first-order chi connectivity index (χ1) is 10.3. The topological polar surface area (TPSA) is 46.5 Å². The van der Waals surface area contributed by atoms with Gasteiger partial charge < -0.3 is 9.84 Å². The molecule has 0 atom stereocenters. The second-order valence-electron chi connectivity index (χ2n) is 6.58. The summed E-state index contributed by atoms with van der Waals surface area (Å²) < 4.78 is 6.69. The first kappa shape index (κ1) is 17.3. The maximum Gasteiger partial charge on any atom is 0.314 e. The fraction of sp³-hybridized carbons (Fsp3) is 0.611. The minimum absolute atomic E-state index is 0.278. The Morgan fingerprint density at radius 3 is 2.36 bits per heavy atom. The van der Waals surface area contributed by atoms with Crippen molar-refractivity contribution in [1.29, 1.82) is 0 Å². The van der Waals surface area contributed by atoms with Gasteiger partial charge in [-0.3, -0.25) is 4.79 Å². The van der Waals surface area contributed by atoms with E-state index in [9.17, 15) is 9.90 Å². The maximum absolute atomic E-state index is 12.2. The smallest absolute Gasteiger partial charge is 0.314 e. The summed E-state index contributed by atoms with van der Waals surface area (Å²) in [5.41, 5.74) is 2.12. The Labute approximate surface area is 141 Å². The lowest BCUT2D eigenvalue weighted by molar-refractivity contribution is -0.145. The number of carbonyl (C=O) groups is 1. The number of rotatable bonds is 4. The lowest BCUT2D eigenvalue weighted by Gasteiger charge is -2.37. The molecule has 1 N–H and O–H groups in total. The van der Waals surface area contributed by atoms with Crippen molar-refractivity contribution in [3.05, 3.63) is 27.2 Å². The van der Waals surface area contributed by atoms with Crippen LogP contribution in [-0.2, 0) is 10.2 Å². The fourth-order valence-electron chi connectivity index (χ4n) is 3.70. The van der Waals surface area contributed by atoms with Crippen molar-refractivity contribution in [2.24, 2.45) is 0 Å². The van der Waals surface area contributed by atoms with Crippen molar-refractivity contribution < 1.29 is 14.6 Å². The first-order valence-electron chi connectivity index (χ1n) is 7.96. The van der Waals surface area contributed by atoms with E-state index in [1.54, 1.807) is 7.11 Å². The van der Waals surface area contributed by atoms with Crippen LogP contribution in [0.3, 0.4) is 0 Å². The molecule has 2 rings (SSSR count). The van der Waals surface area contributed by atoms with Gasteiger partial charge in [-0.15, -0.1) is 0 Å². The van der Waals surface area contributed by atoms with E-state index < -0.39 is 11.4 Å². The number of benzene rings is 1. The molecule has 0 spiro atoms. The largest absolute Gasteiger partial charge is 0.496 e. The normalized spacial score (nSPS) is 17.5. The van der Waals surface area contributed by atoms with Crippen molar-refractivity contribution in [3.63, 3.8) is 0 Å². The van der Waals surface area contributed by atoms with Crippen molar-refractivity contribution >= 4 is 21.9 Å². The van der Waals surface area contributed by atoms with Gasteiger partial charge in [0.05, 0.1) is 12.5 Å². The van der Waals surface area contributed by atoms with Gasteiger partial charge >= 0.3 is 5.97 Å². The van der Waals surface area contributed by atoms with Crippen LogP contribution in [0.2, 0.25) is 0 Å². The van der Waals surface area contributed by atoms with Gasteiger partial charge in [-0.2, -0.15) is 0 Å². The average molecular weight is 369 g/mol. The van der Waals surface area contributed by atoms with Gasteiger partial charge in [-0.05, 0) is 42.9 Å². The maximum atomic E-state index is 12.2. The molecule has 1 aliphatic rings. The Bertz CT molecular complexity index is 572. The van der Waals surface area contributed by atoms with Crippen LogP contribution in [0.4, 0.5) is 0 Å². The molecule has 0 aliphatic heterocycles. The number of carboxylic acids is 1. The van der Waals surface area contributed by atoms with Gasteiger partial charge in [0, 0.05) is 10.0 Å². The molecule has 0 unspecified atom stereocenters. The summed E-state index contributed by atoms with van der Waals surface area (Å²) in [6, 6.07) is 2.07. The molecular formula is C18H25BrO3. The summed E-state index contributed by atoms with van der Waals surface area (Å²) in [4.78, 5) is 12.2. The molecule has 4 heteroatoms. The van der Waals surface area contributed by atoms with Gasteiger partial charge in [-0.25, -0.2) is 0 Å². The summed E-state index contributed by atoms with van der Waals surface area (Å²) in [6.45, 7) is 6.21. The third-order valence-electron chi connectivity index (χ3n) is 4.93. The molecular weight excluding hydrogens is 344 g/mol. The third kappa shape index (κ3) is 2.78. The number of methoxy groups -OCH3 is 1. The van der Waals surface area contributed by atoms with E-state index in [1.165, 1.54) is 0 Å². The van der Waals surface area contributed by atoms with Crippen LogP contribution in [-0.4, -0.2) is 18.2 Å². The molecule has 0 saturated heterocycles. The minimum atomic E-state index is -0.818. The Morgan fingerprint density at radius 1 is 1.32 bits per heavy atom. The molecule has 0 aromatic heterocycles. The van der Waals surface area contributed by atoms with E-state index in [1.807, 2.05) is 6.92 Å². The highest BCUT2D eigenvalue weighted by Crippen LogP contribution is 2.49. The predicted octanol–water partition coefficient (Wildman–Crippen LogP) is 5.18. The predicted molar refractivity (Wildman–Crippen MR) is 91.9 cm³/mol. The molecule has 0 bridgehead atoms. The van der Waals surface area contributed by atoms with E-state index in [4.69, 9.17) is 4.74 Å². The molecule has 22 heavy (non-hydrogen) atoms. The van der Waals surface area contributed by atoms with Gasteiger partial charge in [0.2, 0.25) is 0 Å². The SMILES string of the molecule is COc1c(C(C)C)cc(Br)c(C)c1C1(C(=O)O)CCCCC1. The van der Waals surface area contributed by atoms with Gasteiger partial charge in [0.15, 0.2) is 0 Å². The quantitative estimate of drug-likeness (QED) is 0.796. The van der Waals surface area contributed by atoms with Crippen molar-refractivity contribution in [3.8, 4) is 5.75 Å². The molecule has 0 heterocycles. The fourth-order valence-corrected chi connectivity index (χ4v) is 4.14. The van der Waals surface area contributed by atoms with Crippen LogP contribution in [0, 0.1) is 6.92 Å². The van der Waals surface area contributed by atoms with Crippen LogP contribution in [0.25, 0.3) is 0 Å². The van der Waals surface area contributed by atoms with E-state index in [-0.39, 0.29) is 5.92 Å². The van der Waals surface area contributed by atoms with E-state index in [2.05, 4.69) is 35.8 Å². The van der Waals surface area contributed by atoms with E-state index >= 15 is 0 Å². The Balaban J connectivity index is 2.78. The summed E-state index contributed by atoms with van der Waals surface area (Å²) in [6.07, 6.45) is 4.40. The molecule has 3 nitrogen and oxygen atoms in total. The number of ether oxygens (including phenoxy) is 1. The number of aliphatic carboxylic acids is 1. The molecule has 0 amide bonds. The molecule has 1 saturated carbocycles. The lowest BCUT2D eigenvalue weighted by Crippen LogP contribution is -2.39. The van der Waals surface area contributed by atoms with Crippen LogP contribution >= 0.6 is 15.9 Å². The first-order valence-corrected chi connectivity index (χ1v) is 8.75. The van der Waals surface area contributed by atoms with Crippen molar-refractivity contribution in [2.45, 2.75) is 64.2 Å². The third-order valence-corrected chi connectivity index (χ3v) is 5.75. The zero-order chi connectivity index (χ0) is 16.5. The molecule has 1 fully saturated rings. The monoisotopic (exact) mass is 368 g/mol. The Hall–Kier alpha value is -1.03. The summed E-state index contributed by atoms with van der Waals surface area (Å²) in [5.74, 6) is 0.321. The number of halogens is 1. The second-order valence-corrected chi connectivity index (χ2v) is 7.44. The highest BCUT2D eigenvalue weighted by molar-refractivity contribution is 9.10. The summed E-state index contributed by atoms with van der Waals surface area (Å²) in [5, 5.41) is 10.0. The van der Waals surface area contributed by atoms with E-state index in [0.29, 0.717) is 12.8 Å². The summed E-state index contributed by atoms with van der Waals surface area (Å²) >= 11 is 3.62. The zero-order valence-electron chi connectivity index (χ0n) is 13.8. The van der Waals surface area contributed by atoms with Gasteiger partial charge in [-0.1, -0.05) is 49.0 Å². The van der Waals surface area contributed by atoms with Crippen LogP contribution in [0.1, 0.15) is 68.6 Å². The molecule has 1 aromatic carbocycles. The molecule has 1 aromatic rings. The summed E-state index contributed by atoms with van der Waals surface area (Å²) in [7, 11) is 1.65. The number of hydrogen-bond acceptors (Lipinski definition) is 2. The van der Waals surface area contributed by atoms with Crippen molar-refractivity contribution in [1.82, 2.24) is 0 Å². The number of hydrogen-bond donors (Lipinski definition) is 1. The second kappa shape index (κ2) is 6.61. The molecule has 0 radical (unpaired) electrons. The average Bonchev–Trinajstić information content (AvgIpc) is 2.49. The minimum Gasteiger partial charge on any atom is -0.496 e. The molecule has 122 valence electrons. The standard InChI is InChI=1S/C18H25BrO3/c1-11(2)13-10-14(19)12(3)15(16(13)22-4)18(17(20)21)8-6-5-7-9-18/h10-11H,5-9H2,1-4H3,(H,20,21). The Morgan fingerprint density at radius 2 is 1.91 bits per heavy atom. The highest BCUT2D eigenvalue weighted by atomic mass is 79.9. The van der Waals surface area contributed by atoms with Crippen molar-refractivity contribution in [2.75, 3.05) is 7.11 Å². The zero-order valence-corrected chi connectivity index (χ0v) is 15.4. The highest BCUT2D eigenvalue weighted by Gasteiger charge is 2.45. The van der Waals surface area contributed by atoms with Gasteiger partial charge in [0.1, 0.15) is 5.75 Å². The lowest BCUT2D eigenvalue weighted by atomic mass is 9.67.